The second-order valence-electron chi connectivity index (χ2n) is 4.56. The lowest BCUT2D eigenvalue weighted by molar-refractivity contribution is -0.155. The van der Waals surface area contributed by atoms with Crippen molar-refractivity contribution in [2.45, 2.75) is 26.7 Å². The van der Waals surface area contributed by atoms with Gasteiger partial charge in [-0.3, -0.25) is 9.20 Å². The van der Waals surface area contributed by atoms with Gasteiger partial charge in [0.1, 0.15) is 0 Å². The zero-order valence-electron chi connectivity index (χ0n) is 11.3. The van der Waals surface area contributed by atoms with E-state index in [4.69, 9.17) is 10.5 Å². The Morgan fingerprint density at radius 1 is 1.58 bits per heavy atom. The van der Waals surface area contributed by atoms with Gasteiger partial charge in [0.2, 0.25) is 0 Å². The lowest BCUT2D eigenvalue weighted by Crippen LogP contribution is -2.41. The Labute approximate surface area is 116 Å². The highest BCUT2D eigenvalue weighted by Crippen LogP contribution is 2.28. The predicted molar refractivity (Wildman–Crippen MR) is 75.2 cm³/mol. The molecule has 2 heterocycles. The number of aromatic nitrogens is 2. The number of carbonyl (C=O) groups excluding carboxylic acids is 1. The van der Waals surface area contributed by atoms with Crippen molar-refractivity contribution in [3.05, 3.63) is 23.5 Å². The van der Waals surface area contributed by atoms with E-state index in [2.05, 4.69) is 4.98 Å². The van der Waals surface area contributed by atoms with E-state index in [1.165, 1.54) is 0 Å². The van der Waals surface area contributed by atoms with Crippen LogP contribution in [0.3, 0.4) is 0 Å². The van der Waals surface area contributed by atoms with Gasteiger partial charge in [-0.15, -0.1) is 11.3 Å². The summed E-state index contributed by atoms with van der Waals surface area (Å²) < 4.78 is 7.13. The number of nitrogens with two attached hydrogens (primary N) is 1. The molecule has 1 unspecified atom stereocenters. The molecule has 0 radical (unpaired) electrons. The van der Waals surface area contributed by atoms with Crippen LogP contribution in [0.1, 0.15) is 26.0 Å². The van der Waals surface area contributed by atoms with Gasteiger partial charge in [0.15, 0.2) is 4.96 Å². The number of imidazole rings is 1. The lowest BCUT2D eigenvalue weighted by atomic mass is 9.81. The monoisotopic (exact) mass is 281 g/mol. The molecule has 19 heavy (non-hydrogen) atoms. The topological polar surface area (TPSA) is 69.6 Å². The quantitative estimate of drug-likeness (QED) is 0.820. The van der Waals surface area contributed by atoms with Crippen LogP contribution in [0.2, 0.25) is 0 Å². The molecule has 6 heteroatoms. The molecule has 0 saturated carbocycles. The van der Waals surface area contributed by atoms with Crippen LogP contribution in [0.25, 0.3) is 4.96 Å². The van der Waals surface area contributed by atoms with Crippen molar-refractivity contribution in [3.8, 4) is 0 Å². The Morgan fingerprint density at radius 3 is 2.95 bits per heavy atom. The fourth-order valence-electron chi connectivity index (χ4n) is 2.13. The van der Waals surface area contributed by atoms with Crippen LogP contribution in [0.4, 0.5) is 0 Å². The zero-order chi connectivity index (χ0) is 13.9. The minimum Gasteiger partial charge on any atom is -0.466 e. The van der Waals surface area contributed by atoms with Gasteiger partial charge >= 0.3 is 5.97 Å². The maximum absolute atomic E-state index is 12.2. The summed E-state index contributed by atoms with van der Waals surface area (Å²) in [5.41, 5.74) is 6.05. The average Bonchev–Trinajstić information content (AvgIpc) is 2.97. The van der Waals surface area contributed by atoms with Crippen LogP contribution < -0.4 is 5.73 Å². The fraction of sp³-hybridized carbons (Fsp3) is 0.538. The molecule has 2 rings (SSSR count). The van der Waals surface area contributed by atoms with Gasteiger partial charge in [0, 0.05) is 30.7 Å². The zero-order valence-corrected chi connectivity index (χ0v) is 12.1. The van der Waals surface area contributed by atoms with E-state index in [1.807, 2.05) is 29.1 Å². The molecule has 0 amide bonds. The number of hydrogen-bond acceptors (Lipinski definition) is 5. The van der Waals surface area contributed by atoms with Crippen LogP contribution in [0.5, 0.6) is 0 Å². The number of ether oxygens (including phenoxy) is 1. The highest BCUT2D eigenvalue weighted by atomic mass is 32.1. The number of esters is 1. The Morgan fingerprint density at radius 2 is 2.37 bits per heavy atom. The predicted octanol–water partition coefficient (Wildman–Crippen LogP) is 1.86. The van der Waals surface area contributed by atoms with Crippen molar-refractivity contribution >= 4 is 22.3 Å². The molecule has 0 saturated heterocycles. The average molecular weight is 281 g/mol. The first kappa shape index (κ1) is 14.0. The SMILES string of the molecule is CCOC(=O)C(CC)(CN)Cc1cn2ccsc2n1. The Balaban J connectivity index is 2.24. The largest absolute Gasteiger partial charge is 0.466 e. The molecule has 0 aliphatic carbocycles. The summed E-state index contributed by atoms with van der Waals surface area (Å²) in [5, 5.41) is 1.98. The fourth-order valence-corrected chi connectivity index (χ4v) is 2.85. The third-order valence-corrected chi connectivity index (χ3v) is 4.21. The van der Waals surface area contributed by atoms with E-state index in [-0.39, 0.29) is 12.5 Å². The van der Waals surface area contributed by atoms with Gasteiger partial charge < -0.3 is 10.5 Å². The van der Waals surface area contributed by atoms with E-state index in [0.717, 1.165) is 10.7 Å². The number of carbonyl (C=O) groups is 1. The van der Waals surface area contributed by atoms with Crippen molar-refractivity contribution < 1.29 is 9.53 Å². The molecular weight excluding hydrogens is 262 g/mol. The van der Waals surface area contributed by atoms with Crippen molar-refractivity contribution in [1.29, 1.82) is 0 Å². The maximum atomic E-state index is 12.2. The molecular formula is C13H19N3O2S. The third kappa shape index (κ3) is 2.64. The van der Waals surface area contributed by atoms with Crippen LogP contribution in [-0.2, 0) is 16.0 Å². The molecule has 0 fully saturated rings. The van der Waals surface area contributed by atoms with E-state index < -0.39 is 5.41 Å². The molecule has 0 aromatic carbocycles. The van der Waals surface area contributed by atoms with E-state index in [0.29, 0.717) is 19.4 Å². The lowest BCUT2D eigenvalue weighted by Gasteiger charge is -2.27. The molecule has 104 valence electrons. The molecule has 1 atom stereocenters. The van der Waals surface area contributed by atoms with Gasteiger partial charge in [-0.25, -0.2) is 4.98 Å². The minimum atomic E-state index is -0.667. The van der Waals surface area contributed by atoms with Crippen LogP contribution >= 0.6 is 11.3 Å². The van der Waals surface area contributed by atoms with Gasteiger partial charge in [-0.2, -0.15) is 0 Å². The first-order valence-electron chi connectivity index (χ1n) is 6.43. The van der Waals surface area contributed by atoms with E-state index >= 15 is 0 Å². The highest BCUT2D eigenvalue weighted by molar-refractivity contribution is 7.15. The molecule has 0 bridgehead atoms. The van der Waals surface area contributed by atoms with Gasteiger partial charge in [-0.05, 0) is 13.3 Å². The number of fused-ring (bicyclic) bond motifs is 1. The summed E-state index contributed by atoms with van der Waals surface area (Å²) in [7, 11) is 0. The first-order valence-corrected chi connectivity index (χ1v) is 7.31. The van der Waals surface area contributed by atoms with Crippen molar-refractivity contribution in [3.63, 3.8) is 0 Å². The second kappa shape index (κ2) is 5.71. The molecule has 2 aromatic heterocycles. The van der Waals surface area contributed by atoms with Crippen molar-refractivity contribution in [2.75, 3.05) is 13.2 Å². The number of thiazole rings is 1. The summed E-state index contributed by atoms with van der Waals surface area (Å²) in [6, 6.07) is 0. The molecule has 0 aliphatic heterocycles. The third-order valence-electron chi connectivity index (χ3n) is 3.44. The molecule has 0 aliphatic rings. The van der Waals surface area contributed by atoms with Gasteiger partial charge in [-0.1, -0.05) is 6.92 Å². The Hall–Kier alpha value is -1.40. The Bertz CT molecular complexity index is 528. The minimum absolute atomic E-state index is 0.226. The smallest absolute Gasteiger partial charge is 0.313 e. The maximum Gasteiger partial charge on any atom is 0.313 e. The summed E-state index contributed by atoms with van der Waals surface area (Å²) in [4.78, 5) is 17.6. The molecule has 2 N–H and O–H groups in total. The van der Waals surface area contributed by atoms with Crippen LogP contribution in [0.15, 0.2) is 17.8 Å². The van der Waals surface area contributed by atoms with E-state index in [9.17, 15) is 4.79 Å². The molecule has 5 nitrogen and oxygen atoms in total. The van der Waals surface area contributed by atoms with Gasteiger partial charge in [0.25, 0.3) is 0 Å². The standard InChI is InChI=1S/C13H19N3O2S/c1-3-13(9-14,11(17)18-4-2)7-10-8-16-5-6-19-12(16)15-10/h5-6,8H,3-4,7,9,14H2,1-2H3. The number of nitrogens with zero attached hydrogens (tertiary/aromatic N) is 2. The summed E-state index contributed by atoms with van der Waals surface area (Å²) in [6.07, 6.45) is 5.07. The Kier molecular flexibility index (Phi) is 4.21. The highest BCUT2D eigenvalue weighted by Gasteiger charge is 2.37. The van der Waals surface area contributed by atoms with Crippen LogP contribution in [0, 0.1) is 5.41 Å². The number of rotatable bonds is 6. The molecule has 2 aromatic rings. The summed E-state index contributed by atoms with van der Waals surface area (Å²) in [6.45, 7) is 4.41. The second-order valence-corrected chi connectivity index (χ2v) is 5.43. The van der Waals surface area contributed by atoms with Crippen molar-refractivity contribution in [2.24, 2.45) is 11.1 Å². The van der Waals surface area contributed by atoms with E-state index in [1.54, 1.807) is 18.3 Å². The van der Waals surface area contributed by atoms with Crippen LogP contribution in [-0.4, -0.2) is 28.5 Å². The van der Waals surface area contributed by atoms with Gasteiger partial charge in [0.05, 0.1) is 17.7 Å². The normalized spacial score (nSPS) is 14.5. The number of hydrogen-bond donors (Lipinski definition) is 1. The molecule has 0 spiro atoms. The van der Waals surface area contributed by atoms with Crippen molar-refractivity contribution in [1.82, 2.24) is 9.38 Å². The first-order chi connectivity index (χ1) is 9.15. The summed E-state index contributed by atoms with van der Waals surface area (Å²) >= 11 is 1.57. The summed E-state index contributed by atoms with van der Waals surface area (Å²) in [5.74, 6) is -0.226.